The fourth-order valence-electron chi connectivity index (χ4n) is 2.34. The molecule has 5 nitrogen and oxygen atoms in total. The third-order valence-electron chi connectivity index (χ3n) is 3.53. The van der Waals surface area contributed by atoms with Crippen molar-refractivity contribution in [3.05, 3.63) is 45.0 Å². The van der Waals surface area contributed by atoms with Gasteiger partial charge >= 0.3 is 5.97 Å². The number of rotatable bonds is 7. The molecule has 1 unspecified atom stereocenters. The average molecular weight is 417 g/mol. The minimum absolute atomic E-state index is 0.0842. The molecule has 1 fully saturated rings. The second-order valence-electron chi connectivity index (χ2n) is 5.28. The summed E-state index contributed by atoms with van der Waals surface area (Å²) in [5.74, 6) is -1.16. The molecule has 0 radical (unpaired) electrons. The van der Waals surface area contributed by atoms with E-state index in [-0.39, 0.29) is 28.9 Å². The van der Waals surface area contributed by atoms with Crippen LogP contribution < -0.4 is 5.32 Å². The Morgan fingerprint density at radius 3 is 2.92 bits per heavy atom. The van der Waals surface area contributed by atoms with Crippen LogP contribution in [0.5, 0.6) is 0 Å². The lowest BCUT2D eigenvalue weighted by atomic mass is 10.0. The third-order valence-corrected chi connectivity index (χ3v) is 4.34. The van der Waals surface area contributed by atoms with Crippen LogP contribution in [0.25, 0.3) is 0 Å². The molecule has 7 heteroatoms. The van der Waals surface area contributed by atoms with Crippen molar-refractivity contribution in [1.29, 1.82) is 0 Å². The molecule has 0 aliphatic carbocycles. The quantitative estimate of drug-likeness (QED) is 0.242. The van der Waals surface area contributed by atoms with Gasteiger partial charge < -0.3 is 14.8 Å². The minimum Gasteiger partial charge on any atom is -0.462 e. The van der Waals surface area contributed by atoms with Crippen LogP contribution in [0.3, 0.4) is 0 Å². The van der Waals surface area contributed by atoms with E-state index >= 15 is 0 Å². The fourth-order valence-corrected chi connectivity index (χ4v) is 3.10. The highest BCUT2D eigenvalue weighted by molar-refractivity contribution is 9.10. The molecule has 1 N–H and O–H groups in total. The van der Waals surface area contributed by atoms with Crippen molar-refractivity contribution in [2.75, 3.05) is 19.8 Å². The standard InChI is InChI=1S/C17H19BrClNO4/c1-2-23-17(22)14(10-20-9-12-4-3-7-24-12)16(21)13-6-5-11(18)8-15(13)19/h5-6,8,10,12,20H,2-4,7,9H2,1H3. The SMILES string of the molecule is CCOC(=O)C(=CNCC1CCCO1)C(=O)c1ccc(Br)cc1Cl. The molecule has 1 aliphatic rings. The Morgan fingerprint density at radius 2 is 2.29 bits per heavy atom. The van der Waals surface area contributed by atoms with Gasteiger partial charge in [0, 0.05) is 29.4 Å². The summed E-state index contributed by atoms with van der Waals surface area (Å²) in [4.78, 5) is 24.8. The Hall–Kier alpha value is -1.37. The maximum Gasteiger partial charge on any atom is 0.343 e. The molecule has 1 heterocycles. The van der Waals surface area contributed by atoms with Crippen molar-refractivity contribution in [2.45, 2.75) is 25.9 Å². The van der Waals surface area contributed by atoms with E-state index in [1.54, 1.807) is 25.1 Å². The van der Waals surface area contributed by atoms with Crippen molar-refractivity contribution in [3.63, 3.8) is 0 Å². The summed E-state index contributed by atoms with van der Waals surface area (Å²) in [6.07, 6.45) is 3.47. The van der Waals surface area contributed by atoms with Gasteiger partial charge in [-0.1, -0.05) is 27.5 Å². The molecule has 1 aliphatic heterocycles. The molecule has 0 aromatic heterocycles. The first kappa shape index (κ1) is 19.0. The van der Waals surface area contributed by atoms with Gasteiger partial charge in [-0.3, -0.25) is 4.79 Å². The van der Waals surface area contributed by atoms with E-state index in [1.807, 2.05) is 0 Å². The van der Waals surface area contributed by atoms with Crippen LogP contribution in [0.2, 0.25) is 5.02 Å². The van der Waals surface area contributed by atoms with Crippen LogP contribution in [0, 0.1) is 0 Å². The number of nitrogens with one attached hydrogen (secondary N) is 1. The molecule has 0 spiro atoms. The predicted octanol–water partition coefficient (Wildman–Crippen LogP) is 3.50. The average Bonchev–Trinajstić information content (AvgIpc) is 3.04. The lowest BCUT2D eigenvalue weighted by Gasteiger charge is -2.11. The van der Waals surface area contributed by atoms with Gasteiger partial charge in [0.05, 0.1) is 17.7 Å². The second kappa shape index (κ2) is 9.20. The van der Waals surface area contributed by atoms with Gasteiger partial charge in [-0.05, 0) is 38.0 Å². The van der Waals surface area contributed by atoms with Crippen molar-refractivity contribution in [3.8, 4) is 0 Å². The van der Waals surface area contributed by atoms with Gasteiger partial charge in [0.25, 0.3) is 0 Å². The topological polar surface area (TPSA) is 64.6 Å². The maximum absolute atomic E-state index is 12.7. The van der Waals surface area contributed by atoms with E-state index in [9.17, 15) is 9.59 Å². The molecule has 1 aromatic carbocycles. The number of esters is 1. The Kier molecular flexibility index (Phi) is 7.27. The number of ether oxygens (including phenoxy) is 2. The summed E-state index contributed by atoms with van der Waals surface area (Å²) in [7, 11) is 0. The van der Waals surface area contributed by atoms with E-state index < -0.39 is 11.8 Å². The van der Waals surface area contributed by atoms with Crippen molar-refractivity contribution >= 4 is 39.3 Å². The highest BCUT2D eigenvalue weighted by Crippen LogP contribution is 2.24. The van der Waals surface area contributed by atoms with Crippen LogP contribution in [-0.2, 0) is 14.3 Å². The number of benzene rings is 1. The summed E-state index contributed by atoms with van der Waals surface area (Å²) in [6.45, 7) is 3.15. The second-order valence-corrected chi connectivity index (χ2v) is 6.60. The van der Waals surface area contributed by atoms with E-state index in [1.165, 1.54) is 6.20 Å². The highest BCUT2D eigenvalue weighted by Gasteiger charge is 2.23. The van der Waals surface area contributed by atoms with Gasteiger partial charge in [-0.15, -0.1) is 0 Å². The largest absolute Gasteiger partial charge is 0.462 e. The predicted molar refractivity (Wildman–Crippen MR) is 95.2 cm³/mol. The van der Waals surface area contributed by atoms with Crippen molar-refractivity contribution in [1.82, 2.24) is 5.32 Å². The van der Waals surface area contributed by atoms with E-state index in [4.69, 9.17) is 21.1 Å². The normalized spacial score (nSPS) is 17.6. The first-order valence-electron chi connectivity index (χ1n) is 7.75. The summed E-state index contributed by atoms with van der Waals surface area (Å²) in [6, 6.07) is 4.88. The molecule has 1 aromatic rings. The Bertz CT molecular complexity index is 641. The summed E-state index contributed by atoms with van der Waals surface area (Å²) >= 11 is 9.40. The molecule has 0 saturated carbocycles. The molecular weight excluding hydrogens is 398 g/mol. The zero-order valence-corrected chi connectivity index (χ0v) is 15.7. The highest BCUT2D eigenvalue weighted by atomic mass is 79.9. The van der Waals surface area contributed by atoms with E-state index in [0.29, 0.717) is 6.54 Å². The molecule has 24 heavy (non-hydrogen) atoms. The summed E-state index contributed by atoms with van der Waals surface area (Å²) in [5, 5.41) is 3.25. The Balaban J connectivity index is 2.17. The molecule has 1 saturated heterocycles. The summed E-state index contributed by atoms with van der Waals surface area (Å²) < 4.78 is 11.2. The van der Waals surface area contributed by atoms with E-state index in [2.05, 4.69) is 21.2 Å². The van der Waals surface area contributed by atoms with Gasteiger partial charge in [-0.2, -0.15) is 0 Å². The van der Waals surface area contributed by atoms with Gasteiger partial charge in [-0.25, -0.2) is 4.79 Å². The number of ketones is 1. The minimum atomic E-state index is -0.679. The number of hydrogen-bond donors (Lipinski definition) is 1. The zero-order valence-electron chi connectivity index (χ0n) is 13.3. The van der Waals surface area contributed by atoms with Crippen LogP contribution in [0.15, 0.2) is 34.4 Å². The van der Waals surface area contributed by atoms with E-state index in [0.717, 1.165) is 23.9 Å². The number of halogens is 2. The smallest absolute Gasteiger partial charge is 0.343 e. The van der Waals surface area contributed by atoms with Gasteiger partial charge in [0.1, 0.15) is 5.57 Å². The molecule has 0 amide bonds. The molecule has 2 rings (SSSR count). The van der Waals surface area contributed by atoms with Gasteiger partial charge in [0.15, 0.2) is 0 Å². The molecule has 130 valence electrons. The summed E-state index contributed by atoms with van der Waals surface area (Å²) in [5.41, 5.74) is 0.164. The number of carbonyl (C=O) groups is 2. The maximum atomic E-state index is 12.7. The lowest BCUT2D eigenvalue weighted by Crippen LogP contribution is -2.25. The van der Waals surface area contributed by atoms with Crippen LogP contribution in [0.4, 0.5) is 0 Å². The van der Waals surface area contributed by atoms with Crippen LogP contribution in [0.1, 0.15) is 30.1 Å². The first-order chi connectivity index (χ1) is 11.5. The zero-order chi connectivity index (χ0) is 17.5. The van der Waals surface area contributed by atoms with Crippen LogP contribution in [-0.4, -0.2) is 37.6 Å². The number of Topliss-reactive ketones (excluding diaryl/α,β-unsaturated/α-hetero) is 1. The first-order valence-corrected chi connectivity index (χ1v) is 8.92. The van der Waals surface area contributed by atoms with Crippen molar-refractivity contribution in [2.24, 2.45) is 0 Å². The molecule has 0 bridgehead atoms. The fraction of sp³-hybridized carbons (Fsp3) is 0.412. The molecular formula is C17H19BrClNO4. The molecule has 1 atom stereocenters. The van der Waals surface area contributed by atoms with Crippen molar-refractivity contribution < 1.29 is 19.1 Å². The monoisotopic (exact) mass is 415 g/mol. The number of carbonyl (C=O) groups excluding carboxylic acids is 2. The van der Waals surface area contributed by atoms with Crippen LogP contribution >= 0.6 is 27.5 Å². The Morgan fingerprint density at radius 1 is 1.50 bits per heavy atom. The number of hydrogen-bond acceptors (Lipinski definition) is 5. The third kappa shape index (κ3) is 5.06. The Labute approximate surface area is 154 Å². The lowest BCUT2D eigenvalue weighted by molar-refractivity contribution is -0.138. The van der Waals surface area contributed by atoms with Gasteiger partial charge in [0.2, 0.25) is 5.78 Å².